The average molecular weight is 520 g/mol. The number of hydrogen-bond acceptors (Lipinski definition) is 3. The van der Waals surface area contributed by atoms with Gasteiger partial charge in [0.25, 0.3) is 0 Å². The number of aliphatic hydroxyl groups excluding tert-OH is 1. The number of carbonyl (C=O) groups is 1. The van der Waals surface area contributed by atoms with E-state index in [2.05, 4.69) is 54.6 Å². The molecule has 3 aromatic rings. The van der Waals surface area contributed by atoms with E-state index in [0.29, 0.717) is 5.56 Å². The molecule has 3 rings (SSSR count). The Morgan fingerprint density at radius 2 is 1.24 bits per heavy atom. The van der Waals surface area contributed by atoms with Crippen molar-refractivity contribution in [3.05, 3.63) is 95.6 Å². The van der Waals surface area contributed by atoms with E-state index in [9.17, 15) is 4.79 Å². The van der Waals surface area contributed by atoms with Crippen LogP contribution in [0.3, 0.4) is 0 Å². The number of rotatable bonds is 9. The molecule has 0 radical (unpaired) electrons. The second kappa shape index (κ2) is 30.0. The maximum absolute atomic E-state index is 11.4. The molecule has 1 unspecified atom stereocenters. The maximum atomic E-state index is 11.4. The zero-order valence-electron chi connectivity index (χ0n) is 25.5. The van der Waals surface area contributed by atoms with Crippen LogP contribution in [0.5, 0.6) is 0 Å². The number of nitriles is 1. The first-order valence-electron chi connectivity index (χ1n) is 14.3. The lowest BCUT2D eigenvalue weighted by Gasteiger charge is -2.11. The molecule has 0 bridgehead atoms. The zero-order valence-corrected chi connectivity index (χ0v) is 25.5. The van der Waals surface area contributed by atoms with E-state index >= 15 is 0 Å². The summed E-state index contributed by atoms with van der Waals surface area (Å²) in [5.74, 6) is 0.121. The first-order valence-corrected chi connectivity index (χ1v) is 14.3. The Morgan fingerprint density at radius 1 is 0.684 bits per heavy atom. The molecule has 210 valence electrons. The van der Waals surface area contributed by atoms with E-state index in [1.165, 1.54) is 11.1 Å². The van der Waals surface area contributed by atoms with E-state index in [-0.39, 0.29) is 5.92 Å². The molecule has 38 heavy (non-hydrogen) atoms. The second-order valence-electron chi connectivity index (χ2n) is 7.20. The summed E-state index contributed by atoms with van der Waals surface area (Å²) in [7, 11) is 1.00. The Hall–Kier alpha value is -3.22. The fraction of sp³-hybridized carbons (Fsp3) is 0.429. The molecule has 1 atom stereocenters. The van der Waals surface area contributed by atoms with E-state index < -0.39 is 0 Å². The largest absolute Gasteiger partial charge is 0.400 e. The highest BCUT2D eigenvalue weighted by Gasteiger charge is 2.08. The Balaban J connectivity index is -0.00000110. The van der Waals surface area contributed by atoms with Crippen molar-refractivity contribution in [1.82, 2.24) is 0 Å². The van der Waals surface area contributed by atoms with Crippen molar-refractivity contribution in [2.24, 2.45) is 5.92 Å². The lowest BCUT2D eigenvalue weighted by Crippen LogP contribution is -2.04. The van der Waals surface area contributed by atoms with Gasteiger partial charge in [0.1, 0.15) is 6.29 Å². The highest BCUT2D eigenvalue weighted by molar-refractivity contribution is 5.65. The molecule has 0 heterocycles. The van der Waals surface area contributed by atoms with Gasteiger partial charge in [0.05, 0.1) is 11.6 Å². The van der Waals surface area contributed by atoms with Crippen LogP contribution in [0.1, 0.15) is 91.3 Å². The van der Waals surface area contributed by atoms with Crippen LogP contribution in [0.2, 0.25) is 0 Å². The van der Waals surface area contributed by atoms with E-state index in [1.54, 1.807) is 0 Å². The Labute approximate surface area is 234 Å². The van der Waals surface area contributed by atoms with Crippen LogP contribution >= 0.6 is 0 Å². The normalized spacial score (nSPS) is 9.29. The summed E-state index contributed by atoms with van der Waals surface area (Å²) in [6.07, 6.45) is 5.93. The molecule has 3 aromatic carbocycles. The molecule has 0 saturated carbocycles. The van der Waals surface area contributed by atoms with Crippen molar-refractivity contribution >= 4 is 6.29 Å². The van der Waals surface area contributed by atoms with Gasteiger partial charge in [-0.3, -0.25) is 0 Å². The van der Waals surface area contributed by atoms with Gasteiger partial charge in [-0.25, -0.2) is 0 Å². The molecule has 0 aliphatic rings. The van der Waals surface area contributed by atoms with Crippen LogP contribution in [0.4, 0.5) is 0 Å². The summed E-state index contributed by atoms with van der Waals surface area (Å²) >= 11 is 0. The van der Waals surface area contributed by atoms with Gasteiger partial charge in [0.2, 0.25) is 0 Å². The molecule has 0 amide bonds. The molecule has 3 heteroatoms. The molecule has 0 aliphatic carbocycles. The molecule has 0 fully saturated rings. The molecule has 0 aromatic heterocycles. The third-order valence-electron chi connectivity index (χ3n) is 5.16. The number of aldehydes is 1. The highest BCUT2D eigenvalue weighted by atomic mass is 16.2. The van der Waals surface area contributed by atoms with Gasteiger partial charge < -0.3 is 9.90 Å². The van der Waals surface area contributed by atoms with Crippen molar-refractivity contribution in [3.63, 3.8) is 0 Å². The minimum atomic E-state index is 0.121. The van der Waals surface area contributed by atoms with Gasteiger partial charge in [-0.15, -0.1) is 0 Å². The standard InChI is InChI=1S/C26H25NO.4C2H6.CH4O/c27-19-24-10-5-11-26(18-24)25-16-14-22(15-17-25)12-13-23(20-28)9-4-8-21-6-2-1-3-7-21;5*1-2/h1-3,5-7,10-11,14-18,20,23H,4,8-9,12-13H2;4*1-2H3;2H,1H3. The van der Waals surface area contributed by atoms with Crippen LogP contribution in [0.25, 0.3) is 11.1 Å². The minimum Gasteiger partial charge on any atom is -0.400 e. The molecular weight excluding hydrogens is 466 g/mol. The second-order valence-corrected chi connectivity index (χ2v) is 7.20. The lowest BCUT2D eigenvalue weighted by molar-refractivity contribution is -0.111. The fourth-order valence-corrected chi connectivity index (χ4v) is 3.48. The molecule has 3 nitrogen and oxygen atoms in total. The van der Waals surface area contributed by atoms with E-state index in [1.807, 2.05) is 85.7 Å². The number of nitrogens with zero attached hydrogens (tertiary/aromatic N) is 1. The van der Waals surface area contributed by atoms with Crippen molar-refractivity contribution in [1.29, 1.82) is 5.26 Å². The highest BCUT2D eigenvalue weighted by Crippen LogP contribution is 2.22. The average Bonchev–Trinajstić information content (AvgIpc) is 3.04. The van der Waals surface area contributed by atoms with Gasteiger partial charge in [-0.05, 0) is 66.5 Å². The summed E-state index contributed by atoms with van der Waals surface area (Å²) in [6.45, 7) is 16.0. The smallest absolute Gasteiger partial charge is 0.123 e. The van der Waals surface area contributed by atoms with Gasteiger partial charge in [-0.1, -0.05) is 122 Å². The maximum Gasteiger partial charge on any atom is 0.123 e. The van der Waals surface area contributed by atoms with Gasteiger partial charge in [0.15, 0.2) is 0 Å². The van der Waals surface area contributed by atoms with Crippen LogP contribution in [-0.4, -0.2) is 18.5 Å². The first-order chi connectivity index (χ1) is 18.8. The fourth-order valence-electron chi connectivity index (χ4n) is 3.48. The quantitative estimate of drug-likeness (QED) is 0.286. The topological polar surface area (TPSA) is 61.1 Å². The molecule has 0 spiro atoms. The molecular formula is C35H53NO2. The third-order valence-corrected chi connectivity index (χ3v) is 5.16. The predicted molar refractivity (Wildman–Crippen MR) is 167 cm³/mol. The number of aliphatic hydroxyl groups is 1. The number of hydrogen-bond donors (Lipinski definition) is 1. The zero-order chi connectivity index (χ0) is 29.6. The van der Waals surface area contributed by atoms with Crippen LogP contribution in [0, 0.1) is 17.2 Å². The van der Waals surface area contributed by atoms with Crippen molar-refractivity contribution < 1.29 is 9.90 Å². The Bertz CT molecular complexity index is 928. The Kier molecular flexibility index (Phi) is 31.0. The van der Waals surface area contributed by atoms with Crippen molar-refractivity contribution in [2.75, 3.05) is 7.11 Å². The van der Waals surface area contributed by atoms with Crippen LogP contribution in [0.15, 0.2) is 78.9 Å². The van der Waals surface area contributed by atoms with E-state index in [0.717, 1.165) is 56.6 Å². The lowest BCUT2D eigenvalue weighted by atomic mass is 9.94. The van der Waals surface area contributed by atoms with E-state index in [4.69, 9.17) is 10.4 Å². The predicted octanol–water partition coefficient (Wildman–Crippen LogP) is 9.71. The monoisotopic (exact) mass is 519 g/mol. The first kappa shape index (κ1) is 39.3. The number of benzene rings is 3. The summed E-state index contributed by atoms with van der Waals surface area (Å²) in [5.41, 5.74) is 5.41. The summed E-state index contributed by atoms with van der Waals surface area (Å²) < 4.78 is 0. The van der Waals surface area contributed by atoms with Gasteiger partial charge in [-0.2, -0.15) is 5.26 Å². The summed E-state index contributed by atoms with van der Waals surface area (Å²) in [4.78, 5) is 11.4. The van der Waals surface area contributed by atoms with Gasteiger partial charge >= 0.3 is 0 Å². The molecule has 1 N–H and O–H groups in total. The third kappa shape index (κ3) is 17.3. The van der Waals surface area contributed by atoms with Crippen LogP contribution in [-0.2, 0) is 17.6 Å². The summed E-state index contributed by atoms with van der Waals surface area (Å²) in [6, 6.07) is 28.7. The van der Waals surface area contributed by atoms with Crippen LogP contribution < -0.4 is 0 Å². The number of aryl methyl sites for hydroxylation is 2. The summed E-state index contributed by atoms with van der Waals surface area (Å²) in [5, 5.41) is 16.0. The minimum absolute atomic E-state index is 0.121. The van der Waals surface area contributed by atoms with Gasteiger partial charge in [0, 0.05) is 13.0 Å². The van der Waals surface area contributed by atoms with Crippen molar-refractivity contribution in [2.45, 2.75) is 87.5 Å². The number of carbonyl (C=O) groups excluding carboxylic acids is 1. The molecule has 0 saturated heterocycles. The Morgan fingerprint density at radius 3 is 1.76 bits per heavy atom. The van der Waals surface area contributed by atoms with Crippen molar-refractivity contribution in [3.8, 4) is 17.2 Å². The SMILES string of the molecule is CC.CC.CC.CC.CO.N#Cc1cccc(-c2ccc(CCC(C=O)CCCc3ccccc3)cc2)c1. The molecule has 0 aliphatic heterocycles.